The summed E-state index contributed by atoms with van der Waals surface area (Å²) in [6.07, 6.45) is 21.6. The van der Waals surface area contributed by atoms with Crippen LogP contribution in [0.5, 0.6) is 0 Å². The fourth-order valence-corrected chi connectivity index (χ4v) is 16.0. The fourth-order valence-electron chi connectivity index (χ4n) is 7.19. The van der Waals surface area contributed by atoms with Crippen molar-refractivity contribution in [1.29, 1.82) is 0 Å². The van der Waals surface area contributed by atoms with E-state index in [0.717, 1.165) is 15.5 Å². The van der Waals surface area contributed by atoms with Crippen LogP contribution < -0.4 is 24.8 Å². The van der Waals surface area contributed by atoms with E-state index < -0.39 is 21.3 Å². The van der Waals surface area contributed by atoms with E-state index in [1.165, 1.54) is 44.9 Å². The first-order valence-electron chi connectivity index (χ1n) is 12.0. The largest absolute Gasteiger partial charge is 1.00 e. The van der Waals surface area contributed by atoms with Gasteiger partial charge in [-0.3, -0.25) is 0 Å². The standard InChI is InChI=1S/C21H21.C5H5.C3H6.2ClH.Zr/c1-2-8-15-14(7-1)13-20-18-11-4-3-9-16(18)17-10-5-6-12-19(17)21(15)20;1-2-4-5-3-1;1-3-2;;;/h1-2,6-8,11-12,16-17H,3-5,9-10,13H2;1-3H,4H2;1-2H3;2*1H;/q;;;;;+2/p-2. The normalized spacial score (nSPS) is 26.7. The summed E-state index contributed by atoms with van der Waals surface area (Å²) in [5, 5.41) is 0. The fraction of sp³-hybridized carbons (Fsp3) is 0.414. The zero-order valence-electron chi connectivity index (χ0n) is 19.1. The van der Waals surface area contributed by atoms with Crippen LogP contribution >= 0.6 is 0 Å². The molecule has 1 aromatic carbocycles. The van der Waals surface area contributed by atoms with E-state index in [9.17, 15) is 0 Å². The summed E-state index contributed by atoms with van der Waals surface area (Å²) >= 11 is -1.84. The molecule has 0 aliphatic heterocycles. The Bertz CT molecular complexity index is 1110. The molecule has 6 rings (SSSR count). The van der Waals surface area contributed by atoms with Crippen LogP contribution in [0.3, 0.4) is 0 Å². The molecule has 0 bridgehead atoms. The van der Waals surface area contributed by atoms with Crippen molar-refractivity contribution in [2.45, 2.75) is 62.4 Å². The third kappa shape index (κ3) is 3.81. The van der Waals surface area contributed by atoms with Gasteiger partial charge in [0.05, 0.1) is 0 Å². The molecular formula is C29H32Cl2Zr. The van der Waals surface area contributed by atoms with Crippen LogP contribution in [0.1, 0.15) is 63.5 Å². The van der Waals surface area contributed by atoms with Gasteiger partial charge in [0, 0.05) is 0 Å². The van der Waals surface area contributed by atoms with E-state index in [4.69, 9.17) is 0 Å². The molecule has 5 aliphatic rings. The van der Waals surface area contributed by atoms with Gasteiger partial charge in [0.1, 0.15) is 0 Å². The van der Waals surface area contributed by atoms with Gasteiger partial charge in [0.15, 0.2) is 0 Å². The predicted molar refractivity (Wildman–Crippen MR) is 125 cm³/mol. The van der Waals surface area contributed by atoms with Crippen molar-refractivity contribution in [3.8, 4) is 0 Å². The Labute approximate surface area is 213 Å². The molecule has 1 saturated carbocycles. The zero-order chi connectivity index (χ0) is 20.2. The first-order valence-corrected chi connectivity index (χ1v) is 15.9. The van der Waals surface area contributed by atoms with Crippen molar-refractivity contribution in [3.63, 3.8) is 0 Å². The van der Waals surface area contributed by atoms with E-state index >= 15 is 0 Å². The van der Waals surface area contributed by atoms with Crippen molar-refractivity contribution in [1.82, 2.24) is 0 Å². The number of fused-ring (bicyclic) bond motifs is 6. The molecule has 0 saturated heterocycles. The van der Waals surface area contributed by atoms with Crippen molar-refractivity contribution in [3.05, 3.63) is 85.8 Å². The van der Waals surface area contributed by atoms with E-state index in [1.807, 2.05) is 8.85 Å². The Balaban J connectivity index is 0.00000122. The second-order valence-electron chi connectivity index (χ2n) is 10.0. The van der Waals surface area contributed by atoms with Gasteiger partial charge < -0.3 is 24.8 Å². The molecule has 0 heterocycles. The Hall–Kier alpha value is -0.747. The molecule has 3 heteroatoms. The summed E-state index contributed by atoms with van der Waals surface area (Å²) in [5.41, 5.74) is 10.2. The van der Waals surface area contributed by atoms with E-state index in [-0.39, 0.29) is 24.8 Å². The van der Waals surface area contributed by atoms with E-state index in [0.29, 0.717) is 0 Å². The molecule has 3 unspecified atom stereocenters. The average Bonchev–Trinajstić information content (AvgIpc) is 3.42. The molecular weight excluding hydrogens is 510 g/mol. The van der Waals surface area contributed by atoms with Crippen LogP contribution in [-0.2, 0) is 27.7 Å². The molecule has 0 spiro atoms. The Morgan fingerprint density at radius 1 is 0.969 bits per heavy atom. The monoisotopic (exact) mass is 540 g/mol. The maximum atomic E-state index is 2.52. The quantitative estimate of drug-likeness (QED) is 0.532. The summed E-state index contributed by atoms with van der Waals surface area (Å²) in [5.74, 6) is 1.59. The summed E-state index contributed by atoms with van der Waals surface area (Å²) in [4.78, 5) is 0. The molecule has 0 radical (unpaired) electrons. The van der Waals surface area contributed by atoms with Crippen molar-refractivity contribution >= 4 is 8.78 Å². The summed E-state index contributed by atoms with van der Waals surface area (Å²) in [7, 11) is 0. The summed E-state index contributed by atoms with van der Waals surface area (Å²) in [6, 6.07) is 9.30. The molecule has 0 nitrogen and oxygen atoms in total. The number of benzene rings is 1. The first kappa shape index (κ1) is 24.4. The SMILES string of the molecule is C[C](C)=[Zr+2]([C]1=CC=CC1)[CH]1CCCC2C1=C1Cc3ccccc3C1=C1C=CCCC12.[Cl-].[Cl-]. The van der Waals surface area contributed by atoms with Crippen molar-refractivity contribution in [2.75, 3.05) is 0 Å². The molecule has 0 aromatic heterocycles. The van der Waals surface area contributed by atoms with Crippen LogP contribution in [0.15, 0.2) is 74.6 Å². The van der Waals surface area contributed by atoms with Gasteiger partial charge in [0.25, 0.3) is 0 Å². The van der Waals surface area contributed by atoms with E-state index in [2.05, 4.69) is 68.5 Å². The average molecular weight is 543 g/mol. The third-order valence-electron chi connectivity index (χ3n) is 8.21. The summed E-state index contributed by atoms with van der Waals surface area (Å²) in [6.45, 7) is 4.95. The van der Waals surface area contributed by atoms with Gasteiger partial charge >= 0.3 is 190 Å². The smallest absolute Gasteiger partial charge is 1.00 e. The molecule has 0 N–H and O–H groups in total. The molecule has 3 atom stereocenters. The van der Waals surface area contributed by atoms with Crippen LogP contribution in [0.2, 0.25) is 3.63 Å². The zero-order valence-corrected chi connectivity index (χ0v) is 23.1. The van der Waals surface area contributed by atoms with Crippen LogP contribution in [-0.4, -0.2) is 3.21 Å². The molecule has 32 heavy (non-hydrogen) atoms. The number of rotatable bonds is 2. The minimum absolute atomic E-state index is 0. The molecule has 1 fully saturated rings. The van der Waals surface area contributed by atoms with Gasteiger partial charge in [0.2, 0.25) is 0 Å². The number of allylic oxidation sites excluding steroid dienone is 10. The Morgan fingerprint density at radius 2 is 1.81 bits per heavy atom. The molecule has 0 amide bonds. The second-order valence-corrected chi connectivity index (χ2v) is 17.8. The minimum Gasteiger partial charge on any atom is -1.00 e. The third-order valence-corrected chi connectivity index (χ3v) is 16.7. The number of halogens is 2. The van der Waals surface area contributed by atoms with Gasteiger partial charge in [-0.15, -0.1) is 0 Å². The van der Waals surface area contributed by atoms with Gasteiger partial charge in [-0.05, 0) is 0 Å². The molecule has 166 valence electrons. The Morgan fingerprint density at radius 3 is 2.59 bits per heavy atom. The van der Waals surface area contributed by atoms with Crippen LogP contribution in [0.25, 0.3) is 5.57 Å². The number of hydrogen-bond acceptors (Lipinski definition) is 0. The minimum atomic E-state index is -1.84. The van der Waals surface area contributed by atoms with Gasteiger partial charge in [-0.1, -0.05) is 0 Å². The summed E-state index contributed by atoms with van der Waals surface area (Å²) < 4.78 is 4.56. The van der Waals surface area contributed by atoms with Crippen molar-refractivity contribution < 1.29 is 46.1 Å². The Kier molecular flexibility index (Phi) is 7.51. The van der Waals surface area contributed by atoms with Gasteiger partial charge in [-0.2, -0.15) is 0 Å². The van der Waals surface area contributed by atoms with Crippen molar-refractivity contribution in [2.24, 2.45) is 11.8 Å². The van der Waals surface area contributed by atoms with E-state index in [1.54, 1.807) is 31.1 Å². The molecule has 1 aromatic rings. The van der Waals surface area contributed by atoms with Gasteiger partial charge in [-0.25, -0.2) is 0 Å². The maximum absolute atomic E-state index is 2.52. The predicted octanol–water partition coefficient (Wildman–Crippen LogP) is 1.54. The van der Waals surface area contributed by atoms with Crippen LogP contribution in [0.4, 0.5) is 0 Å². The van der Waals surface area contributed by atoms with Crippen LogP contribution in [0, 0.1) is 11.8 Å². The first-order chi connectivity index (χ1) is 14.7. The maximum Gasteiger partial charge on any atom is -1.00 e. The topological polar surface area (TPSA) is 0 Å². The number of hydrogen-bond donors (Lipinski definition) is 0. The molecule has 5 aliphatic carbocycles. The second kappa shape index (κ2) is 9.86.